The fraction of sp³-hybridized carbons (Fsp3) is 0.900. The summed E-state index contributed by atoms with van der Waals surface area (Å²) in [6, 6.07) is 0. The minimum atomic E-state index is -0.649. The van der Waals surface area contributed by atoms with Gasteiger partial charge in [0.25, 0.3) is 0 Å². The second-order valence-electron chi connectivity index (χ2n) is 3.19. The Morgan fingerprint density at radius 1 is 1.43 bits per heavy atom. The van der Waals surface area contributed by atoms with Crippen LogP contribution in [0.5, 0.6) is 0 Å². The summed E-state index contributed by atoms with van der Waals surface area (Å²) in [7, 11) is 1.31. The Morgan fingerprint density at radius 2 is 2.14 bits per heavy atom. The van der Waals surface area contributed by atoms with Crippen molar-refractivity contribution in [2.75, 3.05) is 20.3 Å². The lowest BCUT2D eigenvalue weighted by Crippen LogP contribution is -2.16. The number of hydrogen-bond donors (Lipinski definition) is 1. The lowest BCUT2D eigenvalue weighted by Gasteiger charge is -2.09. The Kier molecular flexibility index (Phi) is 8.57. The summed E-state index contributed by atoms with van der Waals surface area (Å²) in [5, 5.41) is 9.33. The molecule has 0 radical (unpaired) electrons. The monoisotopic (exact) mass is 204 g/mol. The van der Waals surface area contributed by atoms with E-state index >= 15 is 0 Å². The summed E-state index contributed by atoms with van der Waals surface area (Å²) < 4.78 is 9.67. The van der Waals surface area contributed by atoms with Crippen LogP contribution in [-0.4, -0.2) is 37.5 Å². The highest BCUT2D eigenvalue weighted by Gasteiger charge is 2.10. The third-order valence-electron chi connectivity index (χ3n) is 1.87. The van der Waals surface area contributed by atoms with Gasteiger partial charge in [-0.25, -0.2) is 0 Å². The highest BCUT2D eigenvalue weighted by atomic mass is 16.5. The van der Waals surface area contributed by atoms with Crippen LogP contribution in [0, 0.1) is 0 Å². The van der Waals surface area contributed by atoms with Gasteiger partial charge in [-0.2, -0.15) is 0 Å². The van der Waals surface area contributed by atoms with Gasteiger partial charge in [0, 0.05) is 13.2 Å². The molecule has 0 fully saturated rings. The molecule has 0 unspecified atom stereocenters. The van der Waals surface area contributed by atoms with Crippen LogP contribution in [-0.2, 0) is 14.3 Å². The Bertz CT molecular complexity index is 147. The van der Waals surface area contributed by atoms with Crippen LogP contribution < -0.4 is 0 Å². The Hall–Kier alpha value is -0.610. The third-order valence-corrected chi connectivity index (χ3v) is 1.87. The maximum Gasteiger partial charge on any atom is 0.308 e. The fourth-order valence-electron chi connectivity index (χ4n) is 0.946. The standard InChI is InChI=1S/C10H20O4/c1-3-4-6-14-7-5-9(11)8-10(12)13-2/h9,11H,3-8H2,1-2H3/t9-/m0/s1. The highest BCUT2D eigenvalue weighted by Crippen LogP contribution is 2.00. The molecule has 4 nitrogen and oxygen atoms in total. The van der Waals surface area contributed by atoms with Crippen LogP contribution in [0.2, 0.25) is 0 Å². The molecule has 0 bridgehead atoms. The molecule has 0 aliphatic rings. The van der Waals surface area contributed by atoms with Gasteiger partial charge in [-0.1, -0.05) is 13.3 Å². The van der Waals surface area contributed by atoms with Gasteiger partial charge >= 0.3 is 5.97 Å². The second-order valence-corrected chi connectivity index (χ2v) is 3.19. The number of unbranched alkanes of at least 4 members (excludes halogenated alkanes) is 1. The lowest BCUT2D eigenvalue weighted by atomic mass is 10.2. The number of carbonyl (C=O) groups excluding carboxylic acids is 1. The van der Waals surface area contributed by atoms with Crippen molar-refractivity contribution in [1.29, 1.82) is 0 Å². The molecular weight excluding hydrogens is 184 g/mol. The lowest BCUT2D eigenvalue weighted by molar-refractivity contribution is -0.143. The number of rotatable bonds is 8. The van der Waals surface area contributed by atoms with Gasteiger partial charge in [-0.15, -0.1) is 0 Å². The van der Waals surface area contributed by atoms with Crippen LogP contribution >= 0.6 is 0 Å². The first-order chi connectivity index (χ1) is 6.70. The molecule has 4 heteroatoms. The van der Waals surface area contributed by atoms with Crippen molar-refractivity contribution in [3.05, 3.63) is 0 Å². The molecule has 0 aromatic heterocycles. The van der Waals surface area contributed by atoms with E-state index in [1.807, 2.05) is 0 Å². The highest BCUT2D eigenvalue weighted by molar-refractivity contribution is 5.69. The molecule has 1 N–H and O–H groups in total. The summed E-state index contributed by atoms with van der Waals surface area (Å²) in [6.07, 6.45) is 2.02. The maximum absolute atomic E-state index is 10.7. The molecule has 0 amide bonds. The van der Waals surface area contributed by atoms with E-state index in [0.717, 1.165) is 19.4 Å². The molecule has 0 saturated heterocycles. The van der Waals surface area contributed by atoms with Gasteiger partial charge in [0.1, 0.15) is 0 Å². The minimum Gasteiger partial charge on any atom is -0.469 e. The molecule has 14 heavy (non-hydrogen) atoms. The number of aliphatic hydroxyl groups is 1. The SMILES string of the molecule is CCCCOCC[C@H](O)CC(=O)OC. The second kappa shape index (κ2) is 8.97. The summed E-state index contributed by atoms with van der Waals surface area (Å²) in [4.78, 5) is 10.7. The number of ether oxygens (including phenoxy) is 2. The average Bonchev–Trinajstić information content (AvgIpc) is 2.17. The van der Waals surface area contributed by atoms with Gasteiger partial charge in [0.15, 0.2) is 0 Å². The largest absolute Gasteiger partial charge is 0.469 e. The van der Waals surface area contributed by atoms with Crippen molar-refractivity contribution in [2.24, 2.45) is 0 Å². The van der Waals surface area contributed by atoms with Crippen molar-refractivity contribution in [2.45, 2.75) is 38.7 Å². The molecule has 84 valence electrons. The number of hydrogen-bond acceptors (Lipinski definition) is 4. The van der Waals surface area contributed by atoms with Crippen molar-refractivity contribution in [3.63, 3.8) is 0 Å². The van der Waals surface area contributed by atoms with E-state index in [9.17, 15) is 9.90 Å². The zero-order chi connectivity index (χ0) is 10.8. The number of esters is 1. The fourth-order valence-corrected chi connectivity index (χ4v) is 0.946. The van der Waals surface area contributed by atoms with E-state index in [-0.39, 0.29) is 12.4 Å². The van der Waals surface area contributed by atoms with Crippen molar-refractivity contribution >= 4 is 5.97 Å². The predicted octanol–water partition coefficient (Wildman–Crippen LogP) is 1.12. The molecule has 1 atom stereocenters. The van der Waals surface area contributed by atoms with Crippen LogP contribution in [0.1, 0.15) is 32.6 Å². The number of carbonyl (C=O) groups is 1. The quantitative estimate of drug-likeness (QED) is 0.475. The van der Waals surface area contributed by atoms with E-state index in [1.165, 1.54) is 7.11 Å². The molecule has 0 spiro atoms. The van der Waals surface area contributed by atoms with Gasteiger partial charge in [0.2, 0.25) is 0 Å². The average molecular weight is 204 g/mol. The predicted molar refractivity (Wildman–Crippen MR) is 53.0 cm³/mol. The summed E-state index contributed by atoms with van der Waals surface area (Å²) in [5.41, 5.74) is 0. The zero-order valence-corrected chi connectivity index (χ0v) is 8.99. The molecule has 0 saturated carbocycles. The zero-order valence-electron chi connectivity index (χ0n) is 8.99. The van der Waals surface area contributed by atoms with Crippen LogP contribution in [0.4, 0.5) is 0 Å². The molecule has 0 aromatic carbocycles. The molecular formula is C10H20O4. The smallest absolute Gasteiger partial charge is 0.308 e. The summed E-state index contributed by atoms with van der Waals surface area (Å²) in [6.45, 7) is 3.31. The Morgan fingerprint density at radius 3 is 2.71 bits per heavy atom. The Balaban J connectivity index is 3.26. The number of methoxy groups -OCH3 is 1. The Labute approximate surface area is 85.2 Å². The van der Waals surface area contributed by atoms with Crippen LogP contribution in [0.25, 0.3) is 0 Å². The van der Waals surface area contributed by atoms with E-state index in [0.29, 0.717) is 13.0 Å². The van der Waals surface area contributed by atoms with Crippen LogP contribution in [0.15, 0.2) is 0 Å². The molecule has 0 rings (SSSR count). The van der Waals surface area contributed by atoms with E-state index in [1.54, 1.807) is 0 Å². The first-order valence-corrected chi connectivity index (χ1v) is 5.03. The molecule has 0 aliphatic heterocycles. The van der Waals surface area contributed by atoms with Crippen molar-refractivity contribution in [1.82, 2.24) is 0 Å². The van der Waals surface area contributed by atoms with E-state index < -0.39 is 6.10 Å². The van der Waals surface area contributed by atoms with Crippen molar-refractivity contribution < 1.29 is 19.4 Å². The third kappa shape index (κ3) is 8.01. The topological polar surface area (TPSA) is 55.8 Å². The molecule has 0 aromatic rings. The van der Waals surface area contributed by atoms with Crippen LogP contribution in [0.3, 0.4) is 0 Å². The summed E-state index contributed by atoms with van der Waals surface area (Å²) >= 11 is 0. The first-order valence-electron chi connectivity index (χ1n) is 5.03. The van der Waals surface area contributed by atoms with E-state index in [4.69, 9.17) is 4.74 Å². The molecule has 0 aliphatic carbocycles. The summed E-state index contributed by atoms with van der Waals surface area (Å²) in [5.74, 6) is -0.383. The number of aliphatic hydroxyl groups excluding tert-OH is 1. The molecule has 0 heterocycles. The minimum absolute atomic E-state index is 0.0492. The maximum atomic E-state index is 10.7. The van der Waals surface area contributed by atoms with Gasteiger partial charge in [0.05, 0.1) is 19.6 Å². The van der Waals surface area contributed by atoms with Gasteiger partial charge in [-0.3, -0.25) is 4.79 Å². The first kappa shape index (κ1) is 13.4. The van der Waals surface area contributed by atoms with Gasteiger partial charge in [-0.05, 0) is 12.8 Å². The van der Waals surface area contributed by atoms with E-state index in [2.05, 4.69) is 11.7 Å². The normalized spacial score (nSPS) is 12.5. The van der Waals surface area contributed by atoms with Crippen molar-refractivity contribution in [3.8, 4) is 0 Å². The van der Waals surface area contributed by atoms with Gasteiger partial charge < -0.3 is 14.6 Å².